The summed E-state index contributed by atoms with van der Waals surface area (Å²) in [7, 11) is 2.10. The van der Waals surface area contributed by atoms with Crippen molar-refractivity contribution >= 4 is 39.2 Å². The summed E-state index contributed by atoms with van der Waals surface area (Å²) in [6.07, 6.45) is 0. The largest absolute Gasteiger partial charge is 0.339 e. The highest BCUT2D eigenvalue weighted by Gasteiger charge is 2.18. The molecule has 1 aliphatic rings. The second-order valence-electron chi connectivity index (χ2n) is 5.25. The zero-order chi connectivity index (χ0) is 14.7. The molecule has 0 radical (unpaired) electrons. The van der Waals surface area contributed by atoms with Crippen LogP contribution in [0.1, 0.15) is 5.01 Å². The first-order chi connectivity index (χ1) is 10.2. The number of benzene rings is 1. The average molecular weight is 321 g/mol. The van der Waals surface area contributed by atoms with Crippen LogP contribution in [0.4, 0.5) is 0 Å². The Morgan fingerprint density at radius 1 is 1.29 bits per heavy atom. The number of carbonyl (C=O) groups is 1. The Bertz CT molecular complexity index is 587. The van der Waals surface area contributed by atoms with Crippen LogP contribution in [0, 0.1) is 0 Å². The number of likely N-dealkylation sites (N-methyl/N-ethyl adjacent to an activating group) is 1. The van der Waals surface area contributed by atoms with E-state index in [-0.39, 0.29) is 5.91 Å². The van der Waals surface area contributed by atoms with E-state index in [9.17, 15) is 4.79 Å². The molecule has 112 valence electrons. The second kappa shape index (κ2) is 6.77. The number of amides is 1. The van der Waals surface area contributed by atoms with Crippen LogP contribution in [0.2, 0.25) is 0 Å². The van der Waals surface area contributed by atoms with Crippen LogP contribution in [-0.2, 0) is 10.5 Å². The number of nitrogens with zero attached hydrogens (tertiary/aromatic N) is 3. The minimum atomic E-state index is 0.259. The van der Waals surface area contributed by atoms with Gasteiger partial charge in [-0.1, -0.05) is 12.1 Å². The number of rotatable bonds is 4. The molecule has 0 bridgehead atoms. The van der Waals surface area contributed by atoms with Crippen LogP contribution in [-0.4, -0.2) is 59.7 Å². The highest BCUT2D eigenvalue weighted by molar-refractivity contribution is 7.99. The van der Waals surface area contributed by atoms with E-state index in [2.05, 4.69) is 23.0 Å². The number of thiazole rings is 1. The molecule has 1 saturated heterocycles. The topological polar surface area (TPSA) is 36.4 Å². The van der Waals surface area contributed by atoms with Gasteiger partial charge in [0.15, 0.2) is 0 Å². The molecule has 0 N–H and O–H groups in total. The van der Waals surface area contributed by atoms with Crippen molar-refractivity contribution in [1.82, 2.24) is 14.8 Å². The van der Waals surface area contributed by atoms with Gasteiger partial charge in [0, 0.05) is 31.9 Å². The quantitative estimate of drug-likeness (QED) is 0.866. The van der Waals surface area contributed by atoms with Crippen LogP contribution in [0.5, 0.6) is 0 Å². The summed E-state index contributed by atoms with van der Waals surface area (Å²) in [6.45, 7) is 3.68. The van der Waals surface area contributed by atoms with Crippen molar-refractivity contribution in [2.45, 2.75) is 5.75 Å². The Morgan fingerprint density at radius 3 is 2.81 bits per heavy atom. The van der Waals surface area contributed by atoms with Crippen molar-refractivity contribution in [1.29, 1.82) is 0 Å². The molecule has 6 heteroatoms. The predicted octanol–water partition coefficient (Wildman–Crippen LogP) is 2.30. The molecule has 1 aliphatic heterocycles. The first-order valence-electron chi connectivity index (χ1n) is 7.11. The van der Waals surface area contributed by atoms with Crippen molar-refractivity contribution in [2.75, 3.05) is 39.0 Å². The number of carbonyl (C=O) groups excluding carboxylic acids is 1. The van der Waals surface area contributed by atoms with E-state index in [0.717, 1.165) is 42.5 Å². The van der Waals surface area contributed by atoms with E-state index in [0.29, 0.717) is 5.75 Å². The summed E-state index contributed by atoms with van der Waals surface area (Å²) in [5.74, 6) is 1.63. The number of hydrogen-bond acceptors (Lipinski definition) is 5. The fourth-order valence-electron chi connectivity index (χ4n) is 2.35. The summed E-state index contributed by atoms with van der Waals surface area (Å²) < 4.78 is 1.22. The fraction of sp³-hybridized carbons (Fsp3) is 0.467. The monoisotopic (exact) mass is 321 g/mol. The maximum Gasteiger partial charge on any atom is 0.232 e. The van der Waals surface area contributed by atoms with Crippen LogP contribution in [0.15, 0.2) is 24.3 Å². The third-order valence-corrected chi connectivity index (χ3v) is 5.79. The lowest BCUT2D eigenvalue weighted by Gasteiger charge is -2.32. The lowest BCUT2D eigenvalue weighted by molar-refractivity contribution is -0.129. The molecule has 1 fully saturated rings. The van der Waals surface area contributed by atoms with Crippen LogP contribution < -0.4 is 0 Å². The molecular weight excluding hydrogens is 302 g/mol. The van der Waals surface area contributed by atoms with Crippen molar-refractivity contribution in [3.8, 4) is 0 Å². The van der Waals surface area contributed by atoms with Crippen molar-refractivity contribution in [3.05, 3.63) is 29.3 Å². The summed E-state index contributed by atoms with van der Waals surface area (Å²) >= 11 is 3.39. The fourth-order valence-corrected chi connectivity index (χ4v) is 4.30. The molecular formula is C15H19N3OS2. The Balaban J connectivity index is 1.48. The summed E-state index contributed by atoms with van der Waals surface area (Å²) in [6, 6.07) is 8.18. The Kier molecular flexibility index (Phi) is 4.77. The number of para-hydroxylation sites is 1. The lowest BCUT2D eigenvalue weighted by Crippen LogP contribution is -2.47. The van der Waals surface area contributed by atoms with Crippen LogP contribution in [0.25, 0.3) is 10.2 Å². The smallest absolute Gasteiger partial charge is 0.232 e. The highest BCUT2D eigenvalue weighted by atomic mass is 32.2. The van der Waals surface area contributed by atoms with Crippen molar-refractivity contribution < 1.29 is 4.79 Å². The maximum atomic E-state index is 12.1. The third kappa shape index (κ3) is 3.75. The van der Waals surface area contributed by atoms with Crippen LogP contribution >= 0.6 is 23.1 Å². The van der Waals surface area contributed by atoms with Gasteiger partial charge >= 0.3 is 0 Å². The van der Waals surface area contributed by atoms with E-state index in [1.165, 1.54) is 4.70 Å². The zero-order valence-corrected chi connectivity index (χ0v) is 13.8. The minimum absolute atomic E-state index is 0.259. The van der Waals surface area contributed by atoms with Gasteiger partial charge in [0.2, 0.25) is 5.91 Å². The van der Waals surface area contributed by atoms with Gasteiger partial charge in [-0.25, -0.2) is 4.98 Å². The van der Waals surface area contributed by atoms with Gasteiger partial charge in [0.1, 0.15) is 5.01 Å². The van der Waals surface area contributed by atoms with E-state index in [1.807, 2.05) is 23.1 Å². The first-order valence-corrected chi connectivity index (χ1v) is 9.08. The van der Waals surface area contributed by atoms with Crippen LogP contribution in [0.3, 0.4) is 0 Å². The summed E-state index contributed by atoms with van der Waals surface area (Å²) in [5.41, 5.74) is 1.06. The lowest BCUT2D eigenvalue weighted by atomic mass is 10.3. The van der Waals surface area contributed by atoms with Crippen molar-refractivity contribution in [3.63, 3.8) is 0 Å². The van der Waals surface area contributed by atoms with Gasteiger partial charge in [0.05, 0.1) is 16.0 Å². The maximum absolute atomic E-state index is 12.1. The molecule has 0 saturated carbocycles. The Morgan fingerprint density at radius 2 is 2.05 bits per heavy atom. The Labute approximate surface area is 133 Å². The average Bonchev–Trinajstić information content (AvgIpc) is 2.90. The number of piperazine rings is 1. The summed E-state index contributed by atoms with van der Waals surface area (Å²) in [5, 5.41) is 1.10. The molecule has 1 aromatic heterocycles. The molecule has 21 heavy (non-hydrogen) atoms. The first kappa shape index (κ1) is 14.8. The minimum Gasteiger partial charge on any atom is -0.339 e. The molecule has 0 spiro atoms. The zero-order valence-electron chi connectivity index (χ0n) is 12.1. The number of aromatic nitrogens is 1. The van der Waals surface area contributed by atoms with E-state index < -0.39 is 0 Å². The normalized spacial score (nSPS) is 16.5. The highest BCUT2D eigenvalue weighted by Crippen LogP contribution is 2.24. The standard InChI is InChI=1S/C15H19N3OS2/c1-17-6-8-18(9-7-17)15(19)11-20-10-14-16-12-4-2-3-5-13(12)21-14/h2-5H,6-11H2,1H3. The number of fused-ring (bicyclic) bond motifs is 1. The molecule has 0 aliphatic carbocycles. The van der Waals surface area contributed by atoms with E-state index >= 15 is 0 Å². The molecule has 2 heterocycles. The summed E-state index contributed by atoms with van der Waals surface area (Å²) in [4.78, 5) is 21.0. The molecule has 0 unspecified atom stereocenters. The molecule has 1 amide bonds. The molecule has 0 atom stereocenters. The van der Waals surface area contributed by atoms with E-state index in [4.69, 9.17) is 0 Å². The van der Waals surface area contributed by atoms with Gasteiger partial charge in [-0.3, -0.25) is 4.79 Å². The number of thioether (sulfide) groups is 1. The van der Waals surface area contributed by atoms with Crippen molar-refractivity contribution in [2.24, 2.45) is 0 Å². The van der Waals surface area contributed by atoms with E-state index in [1.54, 1.807) is 23.1 Å². The van der Waals surface area contributed by atoms with Gasteiger partial charge in [-0.2, -0.15) is 0 Å². The number of hydrogen-bond donors (Lipinski definition) is 0. The second-order valence-corrected chi connectivity index (χ2v) is 7.35. The molecule has 2 aromatic rings. The van der Waals surface area contributed by atoms with Gasteiger partial charge in [-0.05, 0) is 19.2 Å². The van der Waals surface area contributed by atoms with Gasteiger partial charge in [0.25, 0.3) is 0 Å². The molecule has 3 rings (SSSR count). The Hall–Kier alpha value is -1.11. The predicted molar refractivity (Wildman–Crippen MR) is 89.9 cm³/mol. The SMILES string of the molecule is CN1CCN(C(=O)CSCc2nc3ccccc3s2)CC1. The molecule has 4 nitrogen and oxygen atoms in total. The van der Waals surface area contributed by atoms with Gasteiger partial charge in [-0.15, -0.1) is 23.1 Å². The molecule has 1 aromatic carbocycles. The third-order valence-electron chi connectivity index (χ3n) is 3.65. The van der Waals surface area contributed by atoms with Gasteiger partial charge < -0.3 is 9.80 Å².